The van der Waals surface area contributed by atoms with Crippen molar-refractivity contribution in [2.24, 2.45) is 5.92 Å². The van der Waals surface area contributed by atoms with E-state index in [-0.39, 0.29) is 5.91 Å². The summed E-state index contributed by atoms with van der Waals surface area (Å²) in [5, 5.41) is 3.46. The van der Waals surface area contributed by atoms with Gasteiger partial charge in [-0.2, -0.15) is 0 Å². The van der Waals surface area contributed by atoms with Gasteiger partial charge in [-0.25, -0.2) is 0 Å². The summed E-state index contributed by atoms with van der Waals surface area (Å²) in [5.41, 5.74) is 1.75. The molecule has 0 saturated heterocycles. The fourth-order valence-electron chi connectivity index (χ4n) is 1.94. The van der Waals surface area contributed by atoms with Crippen LogP contribution in [0.15, 0.2) is 24.3 Å². The maximum atomic E-state index is 11.9. The molecule has 1 aromatic rings. The van der Waals surface area contributed by atoms with Crippen molar-refractivity contribution in [2.45, 2.75) is 39.7 Å². The molecule has 0 spiro atoms. The summed E-state index contributed by atoms with van der Waals surface area (Å²) in [6.07, 6.45) is 2.36. The second-order valence-corrected chi connectivity index (χ2v) is 5.80. The molecule has 0 fully saturated rings. The number of nitrogens with zero attached hydrogens (tertiary/aromatic N) is 1. The summed E-state index contributed by atoms with van der Waals surface area (Å²) in [5.74, 6) is 0.768. The molecule has 1 unspecified atom stereocenters. The van der Waals surface area contributed by atoms with Crippen molar-refractivity contribution in [3.8, 4) is 0 Å². The molecule has 0 heterocycles. The molecule has 1 rings (SSSR count). The zero-order valence-electron chi connectivity index (χ0n) is 12.7. The molecule has 1 amide bonds. The van der Waals surface area contributed by atoms with Crippen LogP contribution in [-0.4, -0.2) is 30.9 Å². The van der Waals surface area contributed by atoms with Gasteiger partial charge in [-0.15, -0.1) is 0 Å². The van der Waals surface area contributed by atoms with Crippen molar-refractivity contribution >= 4 is 11.6 Å². The van der Waals surface area contributed by atoms with Crippen LogP contribution in [0.25, 0.3) is 0 Å². The van der Waals surface area contributed by atoms with Crippen molar-refractivity contribution in [1.29, 1.82) is 0 Å². The number of carbonyl (C=O) groups excluding carboxylic acids is 1. The normalized spacial score (nSPS) is 12.3. The molecule has 3 heteroatoms. The van der Waals surface area contributed by atoms with Gasteiger partial charge in [-0.05, 0) is 43.9 Å². The minimum Gasteiger partial charge on any atom is -0.383 e. The minimum absolute atomic E-state index is 0.0403. The Balaban J connectivity index is 2.64. The number of hydrogen-bond acceptors (Lipinski definition) is 2. The predicted octanol–water partition coefficient (Wildman–Crippen LogP) is 3.63. The van der Waals surface area contributed by atoms with Crippen LogP contribution < -0.4 is 5.32 Å². The maximum Gasteiger partial charge on any atom is 0.253 e. The molecule has 0 aliphatic rings. The van der Waals surface area contributed by atoms with Gasteiger partial charge in [-0.1, -0.05) is 19.9 Å². The first kappa shape index (κ1) is 15.5. The Kier molecular flexibility index (Phi) is 5.87. The first-order chi connectivity index (χ1) is 8.90. The fourth-order valence-corrected chi connectivity index (χ4v) is 1.94. The van der Waals surface area contributed by atoms with E-state index in [2.05, 4.69) is 26.1 Å². The van der Waals surface area contributed by atoms with E-state index >= 15 is 0 Å². The smallest absolute Gasteiger partial charge is 0.253 e. The molecule has 106 valence electrons. The van der Waals surface area contributed by atoms with Gasteiger partial charge in [0.25, 0.3) is 5.91 Å². The Bertz CT molecular complexity index is 413. The summed E-state index contributed by atoms with van der Waals surface area (Å²) in [6, 6.07) is 8.14. The van der Waals surface area contributed by atoms with Crippen LogP contribution in [0.3, 0.4) is 0 Å². The summed E-state index contributed by atoms with van der Waals surface area (Å²) >= 11 is 0. The number of anilines is 1. The van der Waals surface area contributed by atoms with Crippen molar-refractivity contribution in [2.75, 3.05) is 19.4 Å². The van der Waals surface area contributed by atoms with Gasteiger partial charge in [-0.3, -0.25) is 4.79 Å². The van der Waals surface area contributed by atoms with Crippen LogP contribution in [-0.2, 0) is 0 Å². The molecule has 0 bridgehead atoms. The van der Waals surface area contributed by atoms with E-state index in [1.807, 2.05) is 24.3 Å². The quantitative estimate of drug-likeness (QED) is 0.849. The van der Waals surface area contributed by atoms with Crippen molar-refractivity contribution in [3.63, 3.8) is 0 Å². The molecule has 3 nitrogen and oxygen atoms in total. The standard InChI is InChI=1S/C16H26N2O/c1-12(2)9-10-13(3)17-15-8-6-7-14(11-15)16(19)18(4)5/h6-8,11-13,17H,9-10H2,1-5H3. The highest BCUT2D eigenvalue weighted by Crippen LogP contribution is 2.15. The molecular weight excluding hydrogens is 236 g/mol. The second-order valence-electron chi connectivity index (χ2n) is 5.80. The molecule has 1 aromatic carbocycles. The summed E-state index contributed by atoms with van der Waals surface area (Å²) < 4.78 is 0. The molecule has 1 N–H and O–H groups in total. The maximum absolute atomic E-state index is 11.9. The number of hydrogen-bond donors (Lipinski definition) is 1. The van der Waals surface area contributed by atoms with Crippen molar-refractivity contribution in [3.05, 3.63) is 29.8 Å². The average molecular weight is 262 g/mol. The van der Waals surface area contributed by atoms with Crippen LogP contribution >= 0.6 is 0 Å². The largest absolute Gasteiger partial charge is 0.383 e. The highest BCUT2D eigenvalue weighted by molar-refractivity contribution is 5.94. The predicted molar refractivity (Wildman–Crippen MR) is 81.6 cm³/mol. The SMILES string of the molecule is CC(C)CCC(C)Nc1cccc(C(=O)N(C)C)c1. The Morgan fingerprint density at radius 2 is 1.89 bits per heavy atom. The second kappa shape index (κ2) is 7.17. The Morgan fingerprint density at radius 3 is 2.47 bits per heavy atom. The Morgan fingerprint density at radius 1 is 1.21 bits per heavy atom. The molecule has 19 heavy (non-hydrogen) atoms. The Hall–Kier alpha value is -1.51. The lowest BCUT2D eigenvalue weighted by molar-refractivity contribution is 0.0827. The number of carbonyl (C=O) groups is 1. The highest BCUT2D eigenvalue weighted by Gasteiger charge is 2.09. The lowest BCUT2D eigenvalue weighted by Crippen LogP contribution is -2.22. The zero-order chi connectivity index (χ0) is 14.4. The fraction of sp³-hybridized carbons (Fsp3) is 0.562. The highest BCUT2D eigenvalue weighted by atomic mass is 16.2. The lowest BCUT2D eigenvalue weighted by atomic mass is 10.0. The van der Waals surface area contributed by atoms with Gasteiger partial charge in [0.15, 0.2) is 0 Å². The van der Waals surface area contributed by atoms with Gasteiger partial charge in [0.1, 0.15) is 0 Å². The number of benzene rings is 1. The molecule has 0 aromatic heterocycles. The first-order valence-electron chi connectivity index (χ1n) is 6.98. The third-order valence-electron chi connectivity index (χ3n) is 3.11. The molecule has 0 saturated carbocycles. The van der Waals surface area contributed by atoms with Gasteiger partial charge < -0.3 is 10.2 Å². The van der Waals surface area contributed by atoms with Gasteiger partial charge in [0.05, 0.1) is 0 Å². The Labute approximate surface area is 117 Å². The third kappa shape index (κ3) is 5.33. The van der Waals surface area contributed by atoms with E-state index < -0.39 is 0 Å². The van der Waals surface area contributed by atoms with E-state index in [0.29, 0.717) is 6.04 Å². The van der Waals surface area contributed by atoms with Crippen molar-refractivity contribution < 1.29 is 4.79 Å². The number of amides is 1. The molecule has 0 aliphatic carbocycles. The van der Waals surface area contributed by atoms with Crippen molar-refractivity contribution in [1.82, 2.24) is 4.90 Å². The van der Waals surface area contributed by atoms with Gasteiger partial charge >= 0.3 is 0 Å². The minimum atomic E-state index is 0.0403. The summed E-state index contributed by atoms with van der Waals surface area (Å²) in [6.45, 7) is 6.66. The topological polar surface area (TPSA) is 32.3 Å². The average Bonchev–Trinajstić information content (AvgIpc) is 2.35. The molecular formula is C16H26N2O. The van der Waals surface area contributed by atoms with Crippen LogP contribution in [0.4, 0.5) is 5.69 Å². The lowest BCUT2D eigenvalue weighted by Gasteiger charge is -2.17. The van der Waals surface area contributed by atoms with E-state index in [4.69, 9.17) is 0 Å². The zero-order valence-corrected chi connectivity index (χ0v) is 12.7. The number of rotatable bonds is 6. The molecule has 0 radical (unpaired) electrons. The van der Waals surface area contributed by atoms with Crippen LogP contribution in [0.2, 0.25) is 0 Å². The van der Waals surface area contributed by atoms with E-state index in [1.54, 1.807) is 19.0 Å². The van der Waals surface area contributed by atoms with Crippen LogP contribution in [0.1, 0.15) is 44.0 Å². The summed E-state index contributed by atoms with van der Waals surface area (Å²) in [7, 11) is 3.54. The third-order valence-corrected chi connectivity index (χ3v) is 3.11. The van der Waals surface area contributed by atoms with E-state index in [0.717, 1.165) is 23.6 Å². The van der Waals surface area contributed by atoms with Gasteiger partial charge in [0, 0.05) is 31.4 Å². The van der Waals surface area contributed by atoms with E-state index in [9.17, 15) is 4.79 Å². The van der Waals surface area contributed by atoms with Crippen LogP contribution in [0, 0.1) is 5.92 Å². The van der Waals surface area contributed by atoms with E-state index in [1.165, 1.54) is 6.42 Å². The summed E-state index contributed by atoms with van der Waals surface area (Å²) in [4.78, 5) is 13.5. The monoisotopic (exact) mass is 262 g/mol. The van der Waals surface area contributed by atoms with Crippen LogP contribution in [0.5, 0.6) is 0 Å². The first-order valence-corrected chi connectivity index (χ1v) is 6.98. The number of nitrogens with one attached hydrogen (secondary N) is 1. The molecule has 1 atom stereocenters. The van der Waals surface area contributed by atoms with Gasteiger partial charge in [0.2, 0.25) is 0 Å². The molecule has 0 aliphatic heterocycles.